The number of ether oxygens (including phenoxy) is 2. The first-order valence-corrected chi connectivity index (χ1v) is 12.9. The van der Waals surface area contributed by atoms with Crippen LogP contribution in [0.4, 0.5) is 4.79 Å². The lowest BCUT2D eigenvalue weighted by molar-refractivity contribution is -0.136. The lowest BCUT2D eigenvalue weighted by atomic mass is 9.82. The van der Waals surface area contributed by atoms with Gasteiger partial charge in [0.05, 0.1) is 18.6 Å². The Balaban J connectivity index is 1.82. The standard InChI is InChI=1S/C20H34N2O5Si/c1-18(2,3)27-17(24)21-22-15(12-25-28(7,8)19(4,5)6)20-10-9-13(26-20)11-14(20)16(22)23/h9-10,13-15H,11-12H2,1-8H3,(H,21,24)/t13-,14+,15-,20+/m1/s1. The van der Waals surface area contributed by atoms with Gasteiger partial charge in [0.1, 0.15) is 17.2 Å². The smallest absolute Gasteiger partial charge is 0.426 e. The largest absolute Gasteiger partial charge is 0.443 e. The zero-order valence-corrected chi connectivity index (χ0v) is 19.3. The molecule has 7 nitrogen and oxygen atoms in total. The second-order valence-electron chi connectivity index (χ2n) is 10.6. The highest BCUT2D eigenvalue weighted by atomic mass is 28.4. The number of hydrogen-bond acceptors (Lipinski definition) is 5. The summed E-state index contributed by atoms with van der Waals surface area (Å²) in [6.45, 7) is 16.6. The summed E-state index contributed by atoms with van der Waals surface area (Å²) in [6.07, 6.45) is 3.96. The Morgan fingerprint density at radius 2 is 1.96 bits per heavy atom. The summed E-state index contributed by atoms with van der Waals surface area (Å²) in [6, 6.07) is -0.421. The quantitative estimate of drug-likeness (QED) is 0.568. The molecule has 3 aliphatic rings. The van der Waals surface area contributed by atoms with Gasteiger partial charge in [-0.1, -0.05) is 32.9 Å². The Bertz CT molecular complexity index is 694. The fourth-order valence-corrected chi connectivity index (χ4v) is 4.83. The van der Waals surface area contributed by atoms with Gasteiger partial charge in [0.15, 0.2) is 8.32 Å². The van der Waals surface area contributed by atoms with Crippen LogP contribution in [0, 0.1) is 5.92 Å². The molecule has 3 aliphatic heterocycles. The molecule has 4 atom stereocenters. The topological polar surface area (TPSA) is 77.1 Å². The van der Waals surface area contributed by atoms with Gasteiger partial charge in [0.25, 0.3) is 0 Å². The van der Waals surface area contributed by atoms with E-state index in [-0.39, 0.29) is 23.0 Å². The van der Waals surface area contributed by atoms with Crippen molar-refractivity contribution in [3.05, 3.63) is 12.2 Å². The molecular weight excluding hydrogens is 376 g/mol. The molecule has 2 saturated heterocycles. The third-order valence-corrected chi connectivity index (χ3v) is 10.8. The van der Waals surface area contributed by atoms with Gasteiger partial charge in [-0.25, -0.2) is 15.2 Å². The van der Waals surface area contributed by atoms with Crippen LogP contribution in [0.1, 0.15) is 48.0 Å². The Labute approximate surface area is 168 Å². The molecule has 0 radical (unpaired) electrons. The molecule has 0 aromatic carbocycles. The highest BCUT2D eigenvalue weighted by molar-refractivity contribution is 6.74. The van der Waals surface area contributed by atoms with Crippen molar-refractivity contribution in [2.75, 3.05) is 6.61 Å². The Morgan fingerprint density at radius 1 is 1.32 bits per heavy atom. The molecule has 0 aromatic rings. The first kappa shape index (κ1) is 21.3. The van der Waals surface area contributed by atoms with Crippen molar-refractivity contribution < 1.29 is 23.5 Å². The maximum Gasteiger partial charge on any atom is 0.426 e. The number of carbonyl (C=O) groups is 2. The minimum absolute atomic E-state index is 0.0343. The van der Waals surface area contributed by atoms with Gasteiger partial charge in [-0.2, -0.15) is 0 Å². The first-order chi connectivity index (χ1) is 12.7. The van der Waals surface area contributed by atoms with E-state index >= 15 is 0 Å². The molecule has 158 valence electrons. The van der Waals surface area contributed by atoms with E-state index in [1.165, 1.54) is 5.01 Å². The van der Waals surface area contributed by atoms with Crippen LogP contribution in [0.25, 0.3) is 0 Å². The summed E-state index contributed by atoms with van der Waals surface area (Å²) in [7, 11) is -2.04. The molecule has 1 N–H and O–H groups in total. The minimum Gasteiger partial charge on any atom is -0.443 e. The molecule has 2 bridgehead atoms. The fourth-order valence-electron chi connectivity index (χ4n) is 3.82. The van der Waals surface area contributed by atoms with Crippen LogP contribution in [0.2, 0.25) is 18.1 Å². The second-order valence-corrected chi connectivity index (χ2v) is 15.4. The van der Waals surface area contributed by atoms with Crippen LogP contribution in [0.15, 0.2) is 12.2 Å². The Kier molecular flexibility index (Phi) is 5.00. The third kappa shape index (κ3) is 3.62. The number of fused-ring (bicyclic) bond motifs is 1. The molecule has 2 fully saturated rings. The van der Waals surface area contributed by atoms with Gasteiger partial charge in [-0.3, -0.25) is 4.79 Å². The van der Waals surface area contributed by atoms with Crippen molar-refractivity contribution >= 4 is 20.3 Å². The summed E-state index contributed by atoms with van der Waals surface area (Å²) in [5.41, 5.74) is 1.27. The second kappa shape index (κ2) is 6.57. The van der Waals surface area contributed by atoms with Crippen LogP contribution in [-0.2, 0) is 18.7 Å². The molecular formula is C20H34N2O5Si. The average molecular weight is 411 g/mol. The van der Waals surface area contributed by atoms with Gasteiger partial charge < -0.3 is 13.9 Å². The van der Waals surface area contributed by atoms with E-state index in [4.69, 9.17) is 13.9 Å². The number of amides is 2. The molecule has 0 aliphatic carbocycles. The lowest BCUT2D eigenvalue weighted by Crippen LogP contribution is -2.57. The summed E-state index contributed by atoms with van der Waals surface area (Å²) in [5.74, 6) is -0.438. The first-order valence-electron chi connectivity index (χ1n) is 10.0. The SMILES string of the molecule is CC(C)(C)OC(=O)NN1C(=O)[C@@H]2C[C@H]3C=C[C@@]2(O3)[C@H]1CO[Si](C)(C)C(C)(C)C. The zero-order chi connectivity index (χ0) is 21.1. The molecule has 0 unspecified atom stereocenters. The average Bonchev–Trinajstić information content (AvgIpc) is 3.14. The van der Waals surface area contributed by atoms with E-state index in [9.17, 15) is 9.59 Å². The van der Waals surface area contributed by atoms with Crippen molar-refractivity contribution in [2.24, 2.45) is 5.92 Å². The maximum absolute atomic E-state index is 13.1. The highest BCUT2D eigenvalue weighted by Gasteiger charge is 2.66. The van der Waals surface area contributed by atoms with Gasteiger partial charge in [0, 0.05) is 0 Å². The third-order valence-electron chi connectivity index (χ3n) is 6.33. The van der Waals surface area contributed by atoms with Crippen LogP contribution in [-0.4, -0.2) is 55.3 Å². The maximum atomic E-state index is 13.1. The summed E-state index contributed by atoms with van der Waals surface area (Å²) in [5, 5.41) is 1.43. The van der Waals surface area contributed by atoms with Crippen LogP contribution >= 0.6 is 0 Å². The number of rotatable bonds is 4. The number of nitrogens with zero attached hydrogens (tertiary/aromatic N) is 1. The molecule has 3 rings (SSSR count). The van der Waals surface area contributed by atoms with E-state index in [0.29, 0.717) is 13.0 Å². The van der Waals surface area contributed by atoms with E-state index < -0.39 is 31.7 Å². The van der Waals surface area contributed by atoms with Crippen molar-refractivity contribution in [2.45, 2.75) is 89.4 Å². The molecule has 1 spiro atoms. The van der Waals surface area contributed by atoms with E-state index in [1.807, 2.05) is 12.2 Å². The van der Waals surface area contributed by atoms with E-state index in [1.54, 1.807) is 20.8 Å². The van der Waals surface area contributed by atoms with Crippen LogP contribution in [0.3, 0.4) is 0 Å². The molecule has 3 heterocycles. The zero-order valence-electron chi connectivity index (χ0n) is 18.3. The minimum atomic E-state index is -2.04. The van der Waals surface area contributed by atoms with Gasteiger partial charge in [-0.15, -0.1) is 0 Å². The Morgan fingerprint density at radius 3 is 2.50 bits per heavy atom. The molecule has 0 saturated carbocycles. The van der Waals surface area contributed by atoms with Gasteiger partial charge in [0.2, 0.25) is 5.91 Å². The van der Waals surface area contributed by atoms with Gasteiger partial charge >= 0.3 is 6.09 Å². The molecule has 2 amide bonds. The summed E-state index contributed by atoms with van der Waals surface area (Å²) >= 11 is 0. The monoisotopic (exact) mass is 410 g/mol. The van der Waals surface area contributed by atoms with Crippen molar-refractivity contribution in [3.8, 4) is 0 Å². The predicted octanol–water partition coefficient (Wildman–Crippen LogP) is 3.37. The van der Waals surface area contributed by atoms with E-state index in [0.717, 1.165) is 0 Å². The fraction of sp³-hybridized carbons (Fsp3) is 0.800. The summed E-state index contributed by atoms with van der Waals surface area (Å²) < 4.78 is 18.0. The molecule has 28 heavy (non-hydrogen) atoms. The predicted molar refractivity (Wildman–Crippen MR) is 108 cm³/mol. The molecule has 8 heteroatoms. The number of carbonyl (C=O) groups excluding carboxylic acids is 2. The molecule has 0 aromatic heterocycles. The van der Waals surface area contributed by atoms with Crippen LogP contribution in [0.5, 0.6) is 0 Å². The lowest BCUT2D eigenvalue weighted by Gasteiger charge is -2.40. The highest BCUT2D eigenvalue weighted by Crippen LogP contribution is 2.52. The number of nitrogens with one attached hydrogen (secondary N) is 1. The Hall–Kier alpha value is -1.38. The summed E-state index contributed by atoms with van der Waals surface area (Å²) in [4.78, 5) is 25.5. The van der Waals surface area contributed by atoms with Crippen molar-refractivity contribution in [3.63, 3.8) is 0 Å². The van der Waals surface area contributed by atoms with Gasteiger partial charge in [-0.05, 0) is 45.3 Å². The number of hydrazine groups is 1. The van der Waals surface area contributed by atoms with Crippen molar-refractivity contribution in [1.82, 2.24) is 10.4 Å². The normalized spacial score (nSPS) is 32.1. The van der Waals surface area contributed by atoms with E-state index in [2.05, 4.69) is 39.3 Å². The number of hydrogen-bond donors (Lipinski definition) is 1. The van der Waals surface area contributed by atoms with Crippen molar-refractivity contribution in [1.29, 1.82) is 0 Å². The van der Waals surface area contributed by atoms with Crippen LogP contribution < -0.4 is 5.43 Å².